The lowest BCUT2D eigenvalue weighted by Gasteiger charge is -1.97. The molecule has 0 N–H and O–H groups in total. The van der Waals surface area contributed by atoms with Crippen LogP contribution in [0, 0.1) is 0 Å². The summed E-state index contributed by atoms with van der Waals surface area (Å²) < 4.78 is 4.89. The topological polar surface area (TPSA) is 9.23 Å². The van der Waals surface area contributed by atoms with Crippen LogP contribution in [0.3, 0.4) is 0 Å². The van der Waals surface area contributed by atoms with Gasteiger partial charge in [0, 0.05) is 0 Å². The zero-order valence-corrected chi connectivity index (χ0v) is 5.98. The van der Waals surface area contributed by atoms with E-state index in [9.17, 15) is 0 Å². The van der Waals surface area contributed by atoms with Crippen LogP contribution in [0.15, 0.2) is 36.6 Å². The molecule has 50 valence electrons. The molecule has 0 aliphatic carbocycles. The summed E-state index contributed by atoms with van der Waals surface area (Å²) >= 11 is 0. The summed E-state index contributed by atoms with van der Waals surface area (Å²) in [5.74, 6) is 0.752. The van der Waals surface area contributed by atoms with E-state index in [1.165, 1.54) is 0 Å². The zero-order chi connectivity index (χ0) is 7.28. The summed E-state index contributed by atoms with van der Waals surface area (Å²) in [6, 6.07) is 0. The van der Waals surface area contributed by atoms with Gasteiger partial charge in [-0.05, 0) is 19.1 Å². The summed E-state index contributed by atoms with van der Waals surface area (Å²) in [6.45, 7) is 9.14. The summed E-state index contributed by atoms with van der Waals surface area (Å²) in [7, 11) is 1.61. The number of allylic oxidation sites excluding steroid dienone is 3. The molecule has 0 fully saturated rings. The van der Waals surface area contributed by atoms with Gasteiger partial charge in [-0.2, -0.15) is 0 Å². The first-order valence-electron chi connectivity index (χ1n) is 2.74. The Morgan fingerprint density at radius 3 is 2.22 bits per heavy atom. The summed E-state index contributed by atoms with van der Waals surface area (Å²) in [4.78, 5) is 0. The fourth-order valence-corrected chi connectivity index (χ4v) is 0.444. The first-order chi connectivity index (χ1) is 4.20. The van der Waals surface area contributed by atoms with Crippen molar-refractivity contribution < 1.29 is 4.74 Å². The van der Waals surface area contributed by atoms with E-state index >= 15 is 0 Å². The molecule has 1 heteroatoms. The van der Waals surface area contributed by atoms with Crippen LogP contribution in [0.25, 0.3) is 0 Å². The molecule has 0 saturated heterocycles. The lowest BCUT2D eigenvalue weighted by Crippen LogP contribution is -1.80. The lowest BCUT2D eigenvalue weighted by atomic mass is 10.3. The molecule has 0 atom stereocenters. The smallest absolute Gasteiger partial charge is 0.118 e. The predicted octanol–water partition coefficient (Wildman–Crippen LogP) is 2.28. The Morgan fingerprint density at radius 2 is 2.11 bits per heavy atom. The average molecular weight is 124 g/mol. The highest BCUT2D eigenvalue weighted by Gasteiger charge is 1.84. The van der Waals surface area contributed by atoms with E-state index in [1.54, 1.807) is 13.2 Å². The number of hydrogen-bond donors (Lipinski definition) is 0. The monoisotopic (exact) mass is 124 g/mol. The van der Waals surface area contributed by atoms with Gasteiger partial charge in [-0.15, -0.1) is 0 Å². The van der Waals surface area contributed by atoms with Gasteiger partial charge < -0.3 is 4.74 Å². The molecule has 0 unspecified atom stereocenters. The highest BCUT2D eigenvalue weighted by molar-refractivity contribution is 5.21. The van der Waals surface area contributed by atoms with E-state index in [0.717, 1.165) is 11.3 Å². The molecule has 0 bridgehead atoms. The zero-order valence-electron chi connectivity index (χ0n) is 5.98. The van der Waals surface area contributed by atoms with Gasteiger partial charge in [0.05, 0.1) is 7.11 Å². The molecule has 0 saturated carbocycles. The highest BCUT2D eigenvalue weighted by atomic mass is 16.5. The van der Waals surface area contributed by atoms with Crippen LogP contribution in [0.2, 0.25) is 0 Å². The molecule has 0 aromatic carbocycles. The normalized spacial score (nSPS) is 10.7. The maximum absolute atomic E-state index is 4.89. The van der Waals surface area contributed by atoms with Gasteiger partial charge in [-0.25, -0.2) is 0 Å². The molecule has 0 heterocycles. The Labute approximate surface area is 56.3 Å². The number of methoxy groups -OCH3 is 1. The van der Waals surface area contributed by atoms with E-state index in [0.29, 0.717) is 0 Å². The molecular weight excluding hydrogens is 112 g/mol. The maximum Gasteiger partial charge on any atom is 0.118 e. The Hall–Kier alpha value is -0.980. The van der Waals surface area contributed by atoms with E-state index in [2.05, 4.69) is 13.2 Å². The van der Waals surface area contributed by atoms with E-state index in [1.807, 2.05) is 13.0 Å². The number of ether oxygens (including phenoxy) is 1. The highest BCUT2D eigenvalue weighted by Crippen LogP contribution is 2.00. The summed E-state index contributed by atoms with van der Waals surface area (Å²) in [5, 5.41) is 0. The van der Waals surface area contributed by atoms with Crippen molar-refractivity contribution in [3.8, 4) is 0 Å². The summed E-state index contributed by atoms with van der Waals surface area (Å²) in [6.07, 6.45) is 3.47. The van der Waals surface area contributed by atoms with Crippen LogP contribution in [-0.2, 0) is 4.74 Å². The van der Waals surface area contributed by atoms with Crippen molar-refractivity contribution >= 4 is 0 Å². The summed E-state index contributed by atoms with van der Waals surface area (Å²) in [5.41, 5.74) is 0.965. The van der Waals surface area contributed by atoms with Crippen molar-refractivity contribution in [3.05, 3.63) is 36.6 Å². The van der Waals surface area contributed by atoms with Gasteiger partial charge in [-0.3, -0.25) is 0 Å². The second-order valence-electron chi connectivity index (χ2n) is 1.80. The molecular formula is C8H12O. The van der Waals surface area contributed by atoms with E-state index in [-0.39, 0.29) is 0 Å². The van der Waals surface area contributed by atoms with E-state index < -0.39 is 0 Å². The van der Waals surface area contributed by atoms with Crippen LogP contribution in [0.5, 0.6) is 0 Å². The van der Waals surface area contributed by atoms with Crippen molar-refractivity contribution in [1.29, 1.82) is 0 Å². The van der Waals surface area contributed by atoms with Gasteiger partial charge in [-0.1, -0.05) is 18.7 Å². The van der Waals surface area contributed by atoms with Crippen LogP contribution in [0.4, 0.5) is 0 Å². The average Bonchev–Trinajstić information content (AvgIpc) is 1.82. The van der Waals surface area contributed by atoms with Crippen LogP contribution in [-0.4, -0.2) is 7.11 Å². The van der Waals surface area contributed by atoms with Crippen molar-refractivity contribution in [2.24, 2.45) is 0 Å². The Balaban J connectivity index is 4.07. The molecule has 0 aliphatic rings. The first kappa shape index (κ1) is 8.02. The van der Waals surface area contributed by atoms with Gasteiger partial charge >= 0.3 is 0 Å². The minimum atomic E-state index is 0.752. The van der Waals surface area contributed by atoms with Crippen molar-refractivity contribution in [3.63, 3.8) is 0 Å². The van der Waals surface area contributed by atoms with Crippen LogP contribution in [0.1, 0.15) is 6.92 Å². The van der Waals surface area contributed by atoms with Gasteiger partial charge in [0.15, 0.2) is 0 Å². The van der Waals surface area contributed by atoms with Crippen LogP contribution < -0.4 is 0 Å². The third-order valence-electron chi connectivity index (χ3n) is 0.826. The number of hydrogen-bond acceptors (Lipinski definition) is 1. The molecule has 0 aromatic rings. The largest absolute Gasteiger partial charge is 0.497 e. The SMILES string of the molecule is C=CC(=CC(=C)C)OC. The van der Waals surface area contributed by atoms with Crippen molar-refractivity contribution in [1.82, 2.24) is 0 Å². The molecule has 0 spiro atoms. The minimum Gasteiger partial charge on any atom is -0.497 e. The molecule has 9 heavy (non-hydrogen) atoms. The molecule has 0 rings (SSSR count). The fourth-order valence-electron chi connectivity index (χ4n) is 0.444. The van der Waals surface area contributed by atoms with Crippen molar-refractivity contribution in [2.45, 2.75) is 6.92 Å². The lowest BCUT2D eigenvalue weighted by molar-refractivity contribution is 0.307. The Morgan fingerprint density at radius 1 is 1.56 bits per heavy atom. The predicted molar refractivity (Wildman–Crippen MR) is 40.1 cm³/mol. The third kappa shape index (κ3) is 3.59. The van der Waals surface area contributed by atoms with Gasteiger partial charge in [0.25, 0.3) is 0 Å². The van der Waals surface area contributed by atoms with Gasteiger partial charge in [0.1, 0.15) is 5.76 Å². The molecule has 0 amide bonds. The molecule has 1 nitrogen and oxygen atoms in total. The Bertz CT molecular complexity index is 143. The van der Waals surface area contributed by atoms with Crippen LogP contribution >= 0.6 is 0 Å². The Kier molecular flexibility index (Phi) is 3.52. The molecule has 0 aromatic heterocycles. The minimum absolute atomic E-state index is 0.752. The molecule has 0 aliphatic heterocycles. The first-order valence-corrected chi connectivity index (χ1v) is 2.74. The number of rotatable bonds is 3. The quantitative estimate of drug-likeness (QED) is 0.414. The molecule has 0 radical (unpaired) electrons. The van der Waals surface area contributed by atoms with Crippen molar-refractivity contribution in [2.75, 3.05) is 7.11 Å². The third-order valence-corrected chi connectivity index (χ3v) is 0.826. The standard InChI is InChI=1S/C8H12O/c1-5-8(9-4)6-7(2)3/h5-6H,1-2H2,3-4H3. The van der Waals surface area contributed by atoms with E-state index in [4.69, 9.17) is 4.74 Å². The van der Waals surface area contributed by atoms with Gasteiger partial charge in [0.2, 0.25) is 0 Å². The second-order valence-corrected chi connectivity index (χ2v) is 1.80. The second kappa shape index (κ2) is 3.96. The fraction of sp³-hybridized carbons (Fsp3) is 0.250. The maximum atomic E-state index is 4.89.